The van der Waals surface area contributed by atoms with Gasteiger partial charge in [0.25, 0.3) is 0 Å². The first kappa shape index (κ1) is 45.2. The third-order valence-electron chi connectivity index (χ3n) is 11.0. The SMILES string of the molecule is CCCCC(CN)C(=O)NC(Cc1ccc(O)cc1)C(=O)NC(C(=O)NC(CC1CN=CN1)C(=O)N1CCCC1C(=O)NC(Cc1ccccc1)C(=O)O)C(C)CC. The summed E-state index contributed by atoms with van der Waals surface area (Å²) < 4.78 is 0. The number of carbonyl (C=O) groups excluding carboxylic acids is 5. The number of nitrogens with two attached hydrogens (primary N) is 1. The van der Waals surface area contributed by atoms with Crippen LogP contribution in [0.25, 0.3) is 0 Å². The molecule has 2 aromatic rings. The van der Waals surface area contributed by atoms with Crippen LogP contribution in [0.2, 0.25) is 0 Å². The number of amides is 5. The Morgan fingerprint density at radius 2 is 1.55 bits per heavy atom. The van der Waals surface area contributed by atoms with Gasteiger partial charge in [-0.05, 0) is 54.9 Å². The lowest BCUT2D eigenvalue weighted by molar-refractivity contribution is -0.145. The van der Waals surface area contributed by atoms with Crippen molar-refractivity contribution in [1.29, 1.82) is 0 Å². The van der Waals surface area contributed by atoms with E-state index < -0.39 is 71.6 Å². The van der Waals surface area contributed by atoms with E-state index in [0.717, 1.165) is 18.4 Å². The van der Waals surface area contributed by atoms with E-state index >= 15 is 0 Å². The molecule has 0 spiro atoms. The Bertz CT molecular complexity index is 1720. The van der Waals surface area contributed by atoms with Crippen LogP contribution in [0.4, 0.5) is 0 Å². The summed E-state index contributed by atoms with van der Waals surface area (Å²) in [6.45, 7) is 6.35. The molecule has 1 fully saturated rings. The summed E-state index contributed by atoms with van der Waals surface area (Å²) in [4.78, 5) is 87.6. The van der Waals surface area contributed by atoms with Crippen molar-refractivity contribution in [3.63, 3.8) is 0 Å². The quantitative estimate of drug-likeness (QED) is 0.0851. The average molecular weight is 805 g/mol. The van der Waals surface area contributed by atoms with E-state index in [9.17, 15) is 39.0 Å². The van der Waals surface area contributed by atoms with Gasteiger partial charge in [-0.2, -0.15) is 0 Å². The molecule has 1 saturated heterocycles. The maximum atomic E-state index is 14.4. The highest BCUT2D eigenvalue weighted by molar-refractivity contribution is 5.96. The predicted octanol–water partition coefficient (Wildman–Crippen LogP) is 1.39. The Morgan fingerprint density at radius 1 is 0.879 bits per heavy atom. The van der Waals surface area contributed by atoms with Gasteiger partial charge in [0.15, 0.2) is 0 Å². The van der Waals surface area contributed by atoms with Crippen molar-refractivity contribution in [3.05, 3.63) is 65.7 Å². The molecule has 2 aromatic carbocycles. The van der Waals surface area contributed by atoms with Crippen molar-refractivity contribution >= 4 is 41.8 Å². The number of carboxylic acids is 1. The van der Waals surface area contributed by atoms with Gasteiger partial charge in [0, 0.05) is 32.0 Å². The zero-order chi connectivity index (χ0) is 42.2. The maximum Gasteiger partial charge on any atom is 0.326 e. The number of benzene rings is 2. The van der Waals surface area contributed by atoms with Crippen LogP contribution < -0.4 is 32.3 Å². The molecule has 2 aliphatic rings. The summed E-state index contributed by atoms with van der Waals surface area (Å²) in [5.41, 5.74) is 7.34. The minimum Gasteiger partial charge on any atom is -0.508 e. The van der Waals surface area contributed by atoms with E-state index in [4.69, 9.17) is 5.73 Å². The van der Waals surface area contributed by atoms with Crippen LogP contribution in [0.1, 0.15) is 76.8 Å². The van der Waals surface area contributed by atoms with Crippen LogP contribution in [0.15, 0.2) is 59.6 Å². The summed E-state index contributed by atoms with van der Waals surface area (Å²) in [5, 5.41) is 34.1. The molecule has 0 aromatic heterocycles. The van der Waals surface area contributed by atoms with E-state index in [1.165, 1.54) is 23.4 Å². The Morgan fingerprint density at radius 3 is 2.17 bits per heavy atom. The van der Waals surface area contributed by atoms with E-state index in [2.05, 4.69) is 31.6 Å². The van der Waals surface area contributed by atoms with Crippen molar-refractivity contribution < 1.29 is 39.0 Å². The lowest BCUT2D eigenvalue weighted by atomic mass is 9.95. The van der Waals surface area contributed by atoms with E-state index in [0.29, 0.717) is 37.8 Å². The van der Waals surface area contributed by atoms with Gasteiger partial charge < -0.3 is 47.4 Å². The van der Waals surface area contributed by atoms with Crippen LogP contribution in [0, 0.1) is 11.8 Å². The van der Waals surface area contributed by atoms with Gasteiger partial charge in [-0.15, -0.1) is 0 Å². The van der Waals surface area contributed by atoms with Crippen LogP contribution in [-0.2, 0) is 41.6 Å². The Balaban J connectivity index is 1.54. The molecule has 0 radical (unpaired) electrons. The number of nitrogens with one attached hydrogen (secondary N) is 5. The fourth-order valence-electron chi connectivity index (χ4n) is 7.25. The Hall–Kier alpha value is -5.51. The number of carbonyl (C=O) groups is 6. The molecule has 8 atom stereocenters. The zero-order valence-corrected chi connectivity index (χ0v) is 33.7. The molecule has 2 aliphatic heterocycles. The minimum absolute atomic E-state index is 0.0434. The van der Waals surface area contributed by atoms with Gasteiger partial charge in [-0.1, -0.05) is 82.5 Å². The van der Waals surface area contributed by atoms with Crippen molar-refractivity contribution in [3.8, 4) is 5.75 Å². The first-order chi connectivity index (χ1) is 27.8. The molecule has 0 saturated carbocycles. The van der Waals surface area contributed by atoms with Crippen molar-refractivity contribution in [2.45, 2.75) is 115 Å². The van der Waals surface area contributed by atoms with E-state index in [-0.39, 0.29) is 50.1 Å². The van der Waals surface area contributed by atoms with Gasteiger partial charge >= 0.3 is 5.97 Å². The monoisotopic (exact) mass is 804 g/mol. The fraction of sp³-hybridized carbons (Fsp3) is 0.548. The number of nitrogens with zero attached hydrogens (tertiary/aromatic N) is 2. The number of likely N-dealkylation sites (tertiary alicyclic amines) is 1. The van der Waals surface area contributed by atoms with E-state index in [1.54, 1.807) is 43.3 Å². The average Bonchev–Trinajstić information content (AvgIpc) is 3.93. The zero-order valence-electron chi connectivity index (χ0n) is 33.7. The summed E-state index contributed by atoms with van der Waals surface area (Å²) >= 11 is 0. The largest absolute Gasteiger partial charge is 0.508 e. The molecule has 16 heteroatoms. The molecule has 0 aliphatic carbocycles. The number of aromatic hydroxyl groups is 1. The summed E-state index contributed by atoms with van der Waals surface area (Å²) in [7, 11) is 0. The van der Waals surface area contributed by atoms with Crippen LogP contribution in [0.3, 0.4) is 0 Å². The second kappa shape index (κ2) is 22.4. The minimum atomic E-state index is -1.22. The normalized spacial score (nSPS) is 19.1. The molecule has 9 N–H and O–H groups in total. The highest BCUT2D eigenvalue weighted by Crippen LogP contribution is 2.22. The second-order valence-corrected chi connectivity index (χ2v) is 15.3. The van der Waals surface area contributed by atoms with Crippen LogP contribution >= 0.6 is 0 Å². The first-order valence-corrected chi connectivity index (χ1v) is 20.4. The van der Waals surface area contributed by atoms with Gasteiger partial charge in [0.2, 0.25) is 29.5 Å². The highest BCUT2D eigenvalue weighted by Gasteiger charge is 2.41. The number of phenols is 1. The third kappa shape index (κ3) is 13.0. The smallest absolute Gasteiger partial charge is 0.326 e. The lowest BCUT2D eigenvalue weighted by Crippen LogP contribution is -2.61. The van der Waals surface area contributed by atoms with Gasteiger partial charge in [0.1, 0.15) is 36.0 Å². The number of unbranched alkanes of at least 4 members (excludes halogenated alkanes) is 1. The molecule has 0 bridgehead atoms. The molecular formula is C42H60N8O8. The number of carboxylic acid groups (broad SMARTS) is 1. The lowest BCUT2D eigenvalue weighted by Gasteiger charge is -2.32. The Kier molecular flexibility index (Phi) is 17.5. The van der Waals surface area contributed by atoms with Crippen molar-refractivity contribution in [2.24, 2.45) is 22.6 Å². The third-order valence-corrected chi connectivity index (χ3v) is 11.0. The summed E-state index contributed by atoms with van der Waals surface area (Å²) in [6.07, 6.45) is 5.27. The van der Waals surface area contributed by atoms with Gasteiger partial charge in [0.05, 0.1) is 18.8 Å². The highest BCUT2D eigenvalue weighted by atomic mass is 16.4. The maximum absolute atomic E-state index is 14.4. The van der Waals surface area contributed by atoms with E-state index in [1.807, 2.05) is 19.9 Å². The van der Waals surface area contributed by atoms with Crippen LogP contribution in [0.5, 0.6) is 5.75 Å². The number of hydrogen-bond acceptors (Lipinski definition) is 10. The number of aliphatic imine (C=N–C) groups is 1. The van der Waals surface area contributed by atoms with Crippen LogP contribution in [-0.4, -0.2) is 113 Å². The Labute approximate surface area is 340 Å². The first-order valence-electron chi connectivity index (χ1n) is 20.4. The molecule has 5 amide bonds. The number of rotatable bonds is 22. The summed E-state index contributed by atoms with van der Waals surface area (Å²) in [6, 6.07) is 9.37. The number of hydrogen-bond donors (Lipinski definition) is 8. The fourth-order valence-corrected chi connectivity index (χ4v) is 7.25. The molecule has 8 unspecified atom stereocenters. The van der Waals surface area contributed by atoms with Crippen molar-refractivity contribution in [2.75, 3.05) is 19.6 Å². The van der Waals surface area contributed by atoms with Gasteiger partial charge in [-0.25, -0.2) is 4.79 Å². The molecular weight excluding hydrogens is 745 g/mol. The molecule has 16 nitrogen and oxygen atoms in total. The molecule has 58 heavy (non-hydrogen) atoms. The van der Waals surface area contributed by atoms with Crippen molar-refractivity contribution in [1.82, 2.24) is 31.5 Å². The second-order valence-electron chi connectivity index (χ2n) is 15.3. The van der Waals surface area contributed by atoms with Gasteiger partial charge in [-0.3, -0.25) is 29.0 Å². The number of aliphatic carboxylic acids is 1. The molecule has 2 heterocycles. The summed E-state index contributed by atoms with van der Waals surface area (Å²) in [5.74, 6) is -4.80. The topological polar surface area (TPSA) is 245 Å². The molecule has 4 rings (SSSR count). The number of phenolic OH excluding ortho intramolecular Hbond substituents is 1. The standard InChI is InChI=1S/C42H60N8O8/c1-4-6-13-29(23-43)37(52)46-32(20-28-15-17-31(51)18-16-28)38(53)49-36(26(3)5-2)40(55)47-33(22-30-24-44-25-45-30)41(56)50-19-10-14-35(50)39(54)48-34(42(57)58)21-27-11-8-7-9-12-27/h7-9,11-12,15-18,25-26,29-30,32-36,51H,4-6,10,13-14,19-24,43H2,1-3H3,(H,44,45)(H,46,52)(H,47,55)(H,48,54)(H,49,53)(H,57,58). The molecule has 316 valence electrons. The predicted molar refractivity (Wildman–Crippen MR) is 218 cm³/mol.